The van der Waals surface area contributed by atoms with Gasteiger partial charge in [-0.3, -0.25) is 9.59 Å². The molecule has 1 fully saturated rings. The first kappa shape index (κ1) is 20.1. The summed E-state index contributed by atoms with van der Waals surface area (Å²) in [5.41, 5.74) is 3.44. The summed E-state index contributed by atoms with van der Waals surface area (Å²) in [6.07, 6.45) is 5.15. The standard InChI is InChI=1S/C21H22N6O2S/c1-13-3-4-16(9-14(13)2)24-19(28)11-30-20-10-18(22-12-23-20)27-8-7-17(26-27)21(29)25-15-5-6-15/h3-4,7-10,12,15H,5-6,11H2,1-2H3,(H,24,28)(H,25,29). The predicted molar refractivity (Wildman–Crippen MR) is 115 cm³/mol. The highest BCUT2D eigenvalue weighted by atomic mass is 32.2. The molecule has 9 heteroatoms. The summed E-state index contributed by atoms with van der Waals surface area (Å²) in [5.74, 6) is 0.467. The van der Waals surface area contributed by atoms with Crippen molar-refractivity contribution in [2.24, 2.45) is 0 Å². The molecule has 1 aliphatic carbocycles. The number of nitrogens with one attached hydrogen (secondary N) is 2. The van der Waals surface area contributed by atoms with Gasteiger partial charge in [-0.2, -0.15) is 5.10 Å². The molecule has 0 saturated heterocycles. The van der Waals surface area contributed by atoms with E-state index in [2.05, 4.69) is 25.7 Å². The maximum absolute atomic E-state index is 12.3. The van der Waals surface area contributed by atoms with Crippen LogP contribution in [0.25, 0.3) is 5.82 Å². The van der Waals surface area contributed by atoms with Crippen molar-refractivity contribution in [2.45, 2.75) is 37.8 Å². The second-order valence-corrected chi connectivity index (χ2v) is 8.24. The van der Waals surface area contributed by atoms with Gasteiger partial charge in [0.1, 0.15) is 11.4 Å². The minimum absolute atomic E-state index is 0.110. The molecule has 2 N–H and O–H groups in total. The Hall–Kier alpha value is -3.20. The number of nitrogens with zero attached hydrogens (tertiary/aromatic N) is 4. The Morgan fingerprint density at radius 1 is 1.13 bits per heavy atom. The summed E-state index contributed by atoms with van der Waals surface area (Å²) in [4.78, 5) is 32.8. The van der Waals surface area contributed by atoms with Crippen LogP contribution in [0.1, 0.15) is 34.5 Å². The largest absolute Gasteiger partial charge is 0.348 e. The molecule has 1 aromatic carbocycles. The highest BCUT2D eigenvalue weighted by Crippen LogP contribution is 2.20. The van der Waals surface area contributed by atoms with Gasteiger partial charge in [-0.05, 0) is 56.0 Å². The van der Waals surface area contributed by atoms with Crippen molar-refractivity contribution >= 4 is 29.3 Å². The number of hydrogen-bond donors (Lipinski definition) is 2. The Kier molecular flexibility index (Phi) is 5.80. The van der Waals surface area contributed by atoms with Gasteiger partial charge in [-0.1, -0.05) is 17.8 Å². The van der Waals surface area contributed by atoms with Crippen LogP contribution in [0.2, 0.25) is 0 Å². The van der Waals surface area contributed by atoms with Crippen LogP contribution < -0.4 is 10.6 Å². The van der Waals surface area contributed by atoms with Gasteiger partial charge in [0.15, 0.2) is 11.5 Å². The lowest BCUT2D eigenvalue weighted by Gasteiger charge is -2.08. The molecule has 3 aromatic rings. The number of rotatable bonds is 7. The molecule has 0 atom stereocenters. The number of anilines is 1. The lowest BCUT2D eigenvalue weighted by Crippen LogP contribution is -2.25. The summed E-state index contributed by atoms with van der Waals surface area (Å²) in [7, 11) is 0. The first-order valence-corrected chi connectivity index (χ1v) is 10.7. The van der Waals surface area contributed by atoms with Crippen LogP contribution in [0.5, 0.6) is 0 Å². The molecule has 154 valence electrons. The summed E-state index contributed by atoms with van der Waals surface area (Å²) in [6, 6.07) is 9.50. The third-order valence-corrected chi connectivity index (χ3v) is 5.66. The maximum atomic E-state index is 12.3. The minimum Gasteiger partial charge on any atom is -0.348 e. The van der Waals surface area contributed by atoms with Gasteiger partial charge in [0.2, 0.25) is 5.91 Å². The van der Waals surface area contributed by atoms with Crippen LogP contribution >= 0.6 is 11.8 Å². The summed E-state index contributed by atoms with van der Waals surface area (Å²) in [5, 5.41) is 10.7. The zero-order chi connectivity index (χ0) is 21.1. The van der Waals surface area contributed by atoms with E-state index in [-0.39, 0.29) is 23.6 Å². The number of aryl methyl sites for hydroxylation is 2. The van der Waals surface area contributed by atoms with E-state index in [0.717, 1.165) is 24.1 Å². The number of thioether (sulfide) groups is 1. The van der Waals surface area contributed by atoms with E-state index >= 15 is 0 Å². The van der Waals surface area contributed by atoms with E-state index in [9.17, 15) is 9.59 Å². The summed E-state index contributed by atoms with van der Waals surface area (Å²) >= 11 is 1.31. The maximum Gasteiger partial charge on any atom is 0.272 e. The molecule has 0 aliphatic heterocycles. The molecule has 2 heterocycles. The predicted octanol–water partition coefficient (Wildman–Crippen LogP) is 2.90. The molecular formula is C21H22N6O2S. The zero-order valence-corrected chi connectivity index (χ0v) is 17.6. The van der Waals surface area contributed by atoms with Crippen molar-refractivity contribution in [1.82, 2.24) is 25.1 Å². The lowest BCUT2D eigenvalue weighted by atomic mass is 10.1. The Bertz CT molecular complexity index is 1090. The van der Waals surface area contributed by atoms with Gasteiger partial charge in [-0.15, -0.1) is 0 Å². The SMILES string of the molecule is Cc1ccc(NC(=O)CSc2cc(-n3ccc(C(=O)NC4CC4)n3)ncn2)cc1C. The Morgan fingerprint density at radius 3 is 2.73 bits per heavy atom. The molecule has 1 saturated carbocycles. The number of carbonyl (C=O) groups excluding carboxylic acids is 2. The molecule has 2 amide bonds. The number of amides is 2. The molecule has 4 rings (SSSR count). The third kappa shape index (κ3) is 5.04. The van der Waals surface area contributed by atoms with Crippen LogP contribution in [0, 0.1) is 13.8 Å². The van der Waals surface area contributed by atoms with E-state index in [1.54, 1.807) is 18.3 Å². The van der Waals surface area contributed by atoms with Crippen molar-refractivity contribution in [3.63, 3.8) is 0 Å². The smallest absolute Gasteiger partial charge is 0.272 e. The highest BCUT2D eigenvalue weighted by molar-refractivity contribution is 7.99. The van der Waals surface area contributed by atoms with Gasteiger partial charge in [0.05, 0.1) is 5.75 Å². The minimum atomic E-state index is -0.178. The molecule has 1 aliphatic rings. The summed E-state index contributed by atoms with van der Waals surface area (Å²) in [6.45, 7) is 4.05. The third-order valence-electron chi connectivity index (χ3n) is 4.74. The molecule has 0 unspecified atom stereocenters. The number of benzene rings is 1. The molecular weight excluding hydrogens is 400 g/mol. The molecule has 0 radical (unpaired) electrons. The molecule has 0 bridgehead atoms. The quantitative estimate of drug-likeness (QED) is 0.448. The monoisotopic (exact) mass is 422 g/mol. The van der Waals surface area contributed by atoms with E-state index in [0.29, 0.717) is 16.5 Å². The van der Waals surface area contributed by atoms with Crippen molar-refractivity contribution in [2.75, 3.05) is 11.1 Å². The fraction of sp³-hybridized carbons (Fsp3) is 0.286. The topological polar surface area (TPSA) is 102 Å². The van der Waals surface area contributed by atoms with E-state index in [1.807, 2.05) is 32.0 Å². The van der Waals surface area contributed by atoms with Crippen LogP contribution in [0.15, 0.2) is 47.9 Å². The van der Waals surface area contributed by atoms with E-state index < -0.39 is 0 Å². The molecule has 2 aromatic heterocycles. The van der Waals surface area contributed by atoms with Crippen LogP contribution in [-0.2, 0) is 4.79 Å². The average molecular weight is 423 g/mol. The van der Waals surface area contributed by atoms with Gasteiger partial charge >= 0.3 is 0 Å². The second-order valence-electron chi connectivity index (χ2n) is 7.24. The van der Waals surface area contributed by atoms with Crippen molar-refractivity contribution in [1.29, 1.82) is 0 Å². The Labute approximate surface area is 178 Å². The fourth-order valence-electron chi connectivity index (χ4n) is 2.75. The van der Waals surface area contributed by atoms with Crippen LogP contribution in [0.3, 0.4) is 0 Å². The molecule has 8 nitrogen and oxygen atoms in total. The van der Waals surface area contributed by atoms with Crippen molar-refractivity contribution < 1.29 is 9.59 Å². The Morgan fingerprint density at radius 2 is 1.97 bits per heavy atom. The molecule has 30 heavy (non-hydrogen) atoms. The van der Waals surface area contributed by atoms with Crippen LogP contribution in [0.4, 0.5) is 5.69 Å². The van der Waals surface area contributed by atoms with Gasteiger partial charge in [0.25, 0.3) is 5.91 Å². The van der Waals surface area contributed by atoms with Crippen LogP contribution in [-0.4, -0.2) is 43.4 Å². The van der Waals surface area contributed by atoms with Gasteiger partial charge < -0.3 is 10.6 Å². The summed E-state index contributed by atoms with van der Waals surface area (Å²) < 4.78 is 1.53. The lowest BCUT2D eigenvalue weighted by molar-refractivity contribution is -0.113. The zero-order valence-electron chi connectivity index (χ0n) is 16.8. The average Bonchev–Trinajstić information content (AvgIpc) is 3.40. The van der Waals surface area contributed by atoms with E-state index in [1.165, 1.54) is 28.3 Å². The van der Waals surface area contributed by atoms with Gasteiger partial charge in [0, 0.05) is 24.0 Å². The highest BCUT2D eigenvalue weighted by Gasteiger charge is 2.24. The first-order valence-electron chi connectivity index (χ1n) is 9.67. The Balaban J connectivity index is 1.36. The fourth-order valence-corrected chi connectivity index (χ4v) is 3.41. The first-order chi connectivity index (χ1) is 14.5. The number of carbonyl (C=O) groups is 2. The second kappa shape index (κ2) is 8.66. The number of aromatic nitrogens is 4. The number of hydrogen-bond acceptors (Lipinski definition) is 6. The van der Waals surface area contributed by atoms with Crippen molar-refractivity contribution in [3.05, 3.63) is 59.7 Å². The molecule has 0 spiro atoms. The van der Waals surface area contributed by atoms with Crippen molar-refractivity contribution in [3.8, 4) is 5.82 Å². The normalized spacial score (nSPS) is 13.1. The van der Waals surface area contributed by atoms with Gasteiger partial charge in [-0.25, -0.2) is 14.6 Å². The van der Waals surface area contributed by atoms with E-state index in [4.69, 9.17) is 0 Å².